The van der Waals surface area contributed by atoms with Crippen LogP contribution in [0.2, 0.25) is 5.02 Å². The molecule has 2 heterocycles. The monoisotopic (exact) mass is 444 g/mol. The van der Waals surface area contributed by atoms with E-state index in [1.54, 1.807) is 43.3 Å². The minimum Gasteiger partial charge on any atom is -0.452 e. The van der Waals surface area contributed by atoms with E-state index in [1.165, 1.54) is 6.07 Å². The molecule has 1 aliphatic rings. The second-order valence-electron chi connectivity index (χ2n) is 7.65. The van der Waals surface area contributed by atoms with Crippen molar-refractivity contribution in [3.05, 3.63) is 99.5 Å². The number of halogens is 1. The molecule has 0 saturated carbocycles. The van der Waals surface area contributed by atoms with Gasteiger partial charge < -0.3 is 13.9 Å². The van der Waals surface area contributed by atoms with E-state index in [4.69, 9.17) is 25.5 Å². The van der Waals surface area contributed by atoms with Gasteiger partial charge in [-0.2, -0.15) is 0 Å². The topological polar surface area (TPSA) is 65.7 Å². The summed E-state index contributed by atoms with van der Waals surface area (Å²) in [5.74, 6) is 0.0326. The van der Waals surface area contributed by atoms with Crippen LogP contribution < -0.4 is 9.47 Å². The predicted octanol–water partition coefficient (Wildman–Crippen LogP) is 6.54. The van der Waals surface area contributed by atoms with Crippen molar-refractivity contribution in [2.75, 3.05) is 0 Å². The molecule has 0 N–H and O–H groups in total. The zero-order chi connectivity index (χ0) is 22.4. The highest BCUT2D eigenvalue weighted by Crippen LogP contribution is 2.38. The molecule has 158 valence electrons. The first-order valence-electron chi connectivity index (χ1n) is 9.94. The Morgan fingerprint density at radius 2 is 1.78 bits per heavy atom. The van der Waals surface area contributed by atoms with Crippen molar-refractivity contribution in [3.63, 3.8) is 0 Å². The van der Waals surface area contributed by atoms with E-state index in [1.807, 2.05) is 31.2 Å². The first-order valence-corrected chi connectivity index (χ1v) is 10.3. The van der Waals surface area contributed by atoms with Crippen LogP contribution in [0, 0.1) is 13.8 Å². The molecule has 0 aliphatic carbocycles. The molecule has 0 radical (unpaired) electrons. The Hall–Kier alpha value is -3.83. The van der Waals surface area contributed by atoms with Gasteiger partial charge in [0.1, 0.15) is 17.1 Å². The summed E-state index contributed by atoms with van der Waals surface area (Å²) >= 11 is 5.99. The number of carbonyl (C=O) groups excluding carboxylic acids is 2. The Morgan fingerprint density at radius 1 is 1.00 bits per heavy atom. The number of rotatable bonds is 3. The van der Waals surface area contributed by atoms with Gasteiger partial charge in [-0.05, 0) is 61.4 Å². The maximum Gasteiger partial charge on any atom is 0.379 e. The van der Waals surface area contributed by atoms with Crippen LogP contribution in [0.5, 0.6) is 11.5 Å². The molecule has 0 fully saturated rings. The van der Waals surface area contributed by atoms with Gasteiger partial charge in [0.2, 0.25) is 11.5 Å². The predicted molar refractivity (Wildman–Crippen MR) is 121 cm³/mol. The normalized spacial score (nSPS) is 14.0. The molecule has 3 aromatic carbocycles. The smallest absolute Gasteiger partial charge is 0.379 e. The lowest BCUT2D eigenvalue weighted by atomic mass is 10.0. The summed E-state index contributed by atoms with van der Waals surface area (Å²) in [5, 5.41) is 1.25. The number of ketones is 1. The molecule has 0 bridgehead atoms. The number of ether oxygens (including phenoxy) is 2. The standard InChI is InChI=1S/C26H17ClO5/c1-14-3-5-16(6-4-14)10-22-25(28)24-15(2)9-19(13-21(24)32-22)30-26(29)23-12-17-11-18(27)7-8-20(17)31-23/h3-13H,1-2H3/b22-10-. The van der Waals surface area contributed by atoms with E-state index in [-0.39, 0.29) is 23.1 Å². The lowest BCUT2D eigenvalue weighted by molar-refractivity contribution is 0.0703. The van der Waals surface area contributed by atoms with Gasteiger partial charge in [-0.15, -0.1) is 0 Å². The zero-order valence-electron chi connectivity index (χ0n) is 17.3. The minimum atomic E-state index is -0.656. The van der Waals surface area contributed by atoms with Crippen LogP contribution in [0.3, 0.4) is 0 Å². The largest absolute Gasteiger partial charge is 0.452 e. The Labute approximate surface area is 188 Å². The maximum atomic E-state index is 12.8. The second-order valence-corrected chi connectivity index (χ2v) is 8.08. The fraction of sp³-hybridized carbons (Fsp3) is 0.0769. The average molecular weight is 445 g/mol. The van der Waals surface area contributed by atoms with Gasteiger partial charge in [0, 0.05) is 16.5 Å². The second kappa shape index (κ2) is 7.70. The van der Waals surface area contributed by atoms with E-state index in [0.29, 0.717) is 32.9 Å². The molecule has 0 amide bonds. The van der Waals surface area contributed by atoms with E-state index in [9.17, 15) is 9.59 Å². The molecule has 4 aromatic rings. The number of aryl methyl sites for hydroxylation is 2. The van der Waals surface area contributed by atoms with Crippen molar-refractivity contribution in [1.29, 1.82) is 0 Å². The molecule has 6 heteroatoms. The molecular formula is C26H17ClO5. The Balaban J connectivity index is 1.41. The SMILES string of the molecule is Cc1ccc(/C=C2\Oc3cc(OC(=O)c4cc5cc(Cl)ccc5o4)cc(C)c3C2=O)cc1. The van der Waals surface area contributed by atoms with Crippen LogP contribution in [0.4, 0.5) is 0 Å². The van der Waals surface area contributed by atoms with Crippen LogP contribution in [0.15, 0.2) is 70.8 Å². The van der Waals surface area contributed by atoms with Crippen molar-refractivity contribution in [3.8, 4) is 11.5 Å². The van der Waals surface area contributed by atoms with Crippen molar-refractivity contribution in [1.82, 2.24) is 0 Å². The zero-order valence-corrected chi connectivity index (χ0v) is 18.0. The van der Waals surface area contributed by atoms with Gasteiger partial charge in [0.15, 0.2) is 5.76 Å². The van der Waals surface area contributed by atoms with E-state index in [2.05, 4.69) is 0 Å². The van der Waals surface area contributed by atoms with Crippen LogP contribution in [-0.4, -0.2) is 11.8 Å². The summed E-state index contributed by atoms with van der Waals surface area (Å²) in [7, 11) is 0. The number of furan rings is 1. The van der Waals surface area contributed by atoms with Crippen LogP contribution in [0.25, 0.3) is 17.0 Å². The number of Topliss-reactive ketones (excluding diaryl/α,β-unsaturated/α-hetero) is 1. The van der Waals surface area contributed by atoms with E-state index >= 15 is 0 Å². The highest BCUT2D eigenvalue weighted by molar-refractivity contribution is 6.31. The molecule has 5 rings (SSSR count). The first-order chi connectivity index (χ1) is 15.4. The molecular weight excluding hydrogens is 428 g/mol. The lowest BCUT2D eigenvalue weighted by Gasteiger charge is -2.06. The summed E-state index contributed by atoms with van der Waals surface area (Å²) in [4.78, 5) is 25.5. The van der Waals surface area contributed by atoms with Crippen molar-refractivity contribution >= 4 is 40.4 Å². The maximum absolute atomic E-state index is 12.8. The fourth-order valence-corrected chi connectivity index (χ4v) is 3.80. The van der Waals surface area contributed by atoms with Crippen LogP contribution in [0.1, 0.15) is 37.6 Å². The molecule has 0 saturated heterocycles. The lowest BCUT2D eigenvalue weighted by Crippen LogP contribution is -2.07. The van der Waals surface area contributed by atoms with E-state index in [0.717, 1.165) is 11.1 Å². The van der Waals surface area contributed by atoms with Crippen molar-refractivity contribution in [2.45, 2.75) is 13.8 Å². The summed E-state index contributed by atoms with van der Waals surface area (Å²) in [6.45, 7) is 3.77. The molecule has 0 unspecified atom stereocenters. The first kappa shape index (κ1) is 20.1. The number of hydrogen-bond acceptors (Lipinski definition) is 5. The van der Waals surface area contributed by atoms with Crippen LogP contribution >= 0.6 is 11.6 Å². The summed E-state index contributed by atoms with van der Waals surface area (Å²) in [5.41, 5.74) is 3.64. The van der Waals surface area contributed by atoms with Gasteiger partial charge in [-0.1, -0.05) is 41.4 Å². The average Bonchev–Trinajstić information content (AvgIpc) is 3.30. The van der Waals surface area contributed by atoms with E-state index < -0.39 is 5.97 Å². The highest BCUT2D eigenvalue weighted by Gasteiger charge is 2.30. The highest BCUT2D eigenvalue weighted by atomic mass is 35.5. The fourth-order valence-electron chi connectivity index (χ4n) is 3.62. The number of benzene rings is 3. The summed E-state index contributed by atoms with van der Waals surface area (Å²) < 4.78 is 16.9. The third kappa shape index (κ3) is 3.67. The number of fused-ring (bicyclic) bond motifs is 2. The summed E-state index contributed by atoms with van der Waals surface area (Å²) in [6, 6.07) is 17.6. The van der Waals surface area contributed by atoms with Crippen molar-refractivity contribution in [2.24, 2.45) is 0 Å². The minimum absolute atomic E-state index is 0.0531. The summed E-state index contributed by atoms with van der Waals surface area (Å²) in [6.07, 6.45) is 1.70. The molecule has 32 heavy (non-hydrogen) atoms. The Morgan fingerprint density at radius 3 is 2.56 bits per heavy atom. The van der Waals surface area contributed by atoms with Gasteiger partial charge in [0.05, 0.1) is 5.56 Å². The van der Waals surface area contributed by atoms with Crippen LogP contribution in [-0.2, 0) is 0 Å². The quantitative estimate of drug-likeness (QED) is 0.204. The Bertz CT molecular complexity index is 1430. The van der Waals surface area contributed by atoms with Gasteiger partial charge in [-0.25, -0.2) is 4.79 Å². The number of carbonyl (C=O) groups is 2. The molecule has 1 aromatic heterocycles. The van der Waals surface area contributed by atoms with Gasteiger partial charge >= 0.3 is 5.97 Å². The number of allylic oxidation sites excluding steroid dienone is 1. The van der Waals surface area contributed by atoms with Crippen molar-refractivity contribution < 1.29 is 23.5 Å². The van der Waals surface area contributed by atoms with Gasteiger partial charge in [0.25, 0.3) is 0 Å². The molecule has 0 spiro atoms. The number of hydrogen-bond donors (Lipinski definition) is 0. The molecule has 5 nitrogen and oxygen atoms in total. The third-order valence-electron chi connectivity index (χ3n) is 5.21. The molecule has 0 atom stereocenters. The van der Waals surface area contributed by atoms with Gasteiger partial charge in [-0.3, -0.25) is 4.79 Å². The third-order valence-corrected chi connectivity index (χ3v) is 5.44. The Kier molecular flexibility index (Phi) is 4.83. The molecule has 1 aliphatic heterocycles. The number of esters is 1.